The van der Waals surface area contributed by atoms with Gasteiger partial charge in [-0.15, -0.1) is 5.92 Å². The highest BCUT2D eigenvalue weighted by molar-refractivity contribution is 5.81. The summed E-state index contributed by atoms with van der Waals surface area (Å²) in [5.74, 6) is 6.94. The molecular formula is C23H23F2N3O. The smallest absolute Gasteiger partial charge is 0.387 e. The average molecular weight is 395 g/mol. The Kier molecular flexibility index (Phi) is 4.91. The number of aliphatic imine (C=N–C) groups is 1. The van der Waals surface area contributed by atoms with Gasteiger partial charge in [-0.3, -0.25) is 0 Å². The first-order chi connectivity index (χ1) is 13.9. The topological polar surface area (TPSA) is 50.9 Å². The number of hydrogen-bond acceptors (Lipinski definition) is 4. The van der Waals surface area contributed by atoms with Crippen molar-refractivity contribution in [1.82, 2.24) is 4.90 Å². The van der Waals surface area contributed by atoms with Crippen LogP contribution in [0.1, 0.15) is 47.9 Å². The third-order valence-electron chi connectivity index (χ3n) is 5.49. The fourth-order valence-corrected chi connectivity index (χ4v) is 3.94. The largest absolute Gasteiger partial charge is 0.435 e. The first-order valence-electron chi connectivity index (χ1n) is 9.62. The molecule has 0 amide bonds. The Hall–Kier alpha value is -3.07. The van der Waals surface area contributed by atoms with Crippen molar-refractivity contribution in [1.29, 1.82) is 0 Å². The summed E-state index contributed by atoms with van der Waals surface area (Å²) >= 11 is 0. The van der Waals surface area contributed by atoms with Crippen molar-refractivity contribution in [3.8, 4) is 17.6 Å². The Morgan fingerprint density at radius 1 is 1.21 bits per heavy atom. The predicted octanol–water partition coefficient (Wildman–Crippen LogP) is 4.04. The lowest BCUT2D eigenvalue weighted by Crippen LogP contribution is -2.35. The van der Waals surface area contributed by atoms with Gasteiger partial charge in [0.15, 0.2) is 5.96 Å². The zero-order valence-electron chi connectivity index (χ0n) is 16.5. The van der Waals surface area contributed by atoms with E-state index in [1.54, 1.807) is 13.0 Å². The monoisotopic (exact) mass is 395 g/mol. The van der Waals surface area contributed by atoms with Gasteiger partial charge in [-0.25, -0.2) is 4.99 Å². The molecule has 1 fully saturated rings. The number of guanidine groups is 1. The van der Waals surface area contributed by atoms with Gasteiger partial charge in [0, 0.05) is 12.6 Å². The molecule has 4 nitrogen and oxygen atoms in total. The summed E-state index contributed by atoms with van der Waals surface area (Å²) in [4.78, 5) is 6.74. The van der Waals surface area contributed by atoms with Crippen LogP contribution in [0.4, 0.5) is 8.78 Å². The molecule has 1 heterocycles. The van der Waals surface area contributed by atoms with Gasteiger partial charge in [-0.2, -0.15) is 8.78 Å². The van der Waals surface area contributed by atoms with Crippen LogP contribution in [0, 0.1) is 11.8 Å². The van der Waals surface area contributed by atoms with E-state index in [0.29, 0.717) is 12.5 Å². The lowest BCUT2D eigenvalue weighted by atomic mass is 9.82. The first kappa shape index (κ1) is 19.3. The van der Waals surface area contributed by atoms with Crippen LogP contribution in [0.5, 0.6) is 5.75 Å². The lowest BCUT2D eigenvalue weighted by molar-refractivity contribution is -0.0504. The van der Waals surface area contributed by atoms with E-state index in [4.69, 9.17) is 15.5 Å². The summed E-state index contributed by atoms with van der Waals surface area (Å²) in [6, 6.07) is 13.4. The SMILES string of the molecule is CC#Cc1cccc([C@@]2(c3ccc(OC(F)F)c(C4CC4)c3)CN(C)C(N)=N2)c1. The van der Waals surface area contributed by atoms with Crippen molar-refractivity contribution >= 4 is 5.96 Å². The normalized spacial score (nSPS) is 21.0. The van der Waals surface area contributed by atoms with E-state index in [-0.39, 0.29) is 11.7 Å². The first-order valence-corrected chi connectivity index (χ1v) is 9.62. The zero-order valence-corrected chi connectivity index (χ0v) is 16.5. The summed E-state index contributed by atoms with van der Waals surface area (Å²) in [6.07, 6.45) is 1.95. The van der Waals surface area contributed by atoms with E-state index in [9.17, 15) is 8.78 Å². The zero-order chi connectivity index (χ0) is 20.6. The minimum Gasteiger partial charge on any atom is -0.435 e. The molecule has 0 saturated heterocycles. The van der Waals surface area contributed by atoms with Crippen molar-refractivity contribution in [3.63, 3.8) is 0 Å². The molecule has 2 aromatic rings. The van der Waals surface area contributed by atoms with Gasteiger partial charge in [0.1, 0.15) is 11.3 Å². The number of nitrogens with zero attached hydrogens (tertiary/aromatic N) is 2. The summed E-state index contributed by atoms with van der Waals surface area (Å²) in [5.41, 5.74) is 9.02. The quantitative estimate of drug-likeness (QED) is 0.778. The van der Waals surface area contributed by atoms with Crippen molar-refractivity contribution in [2.75, 3.05) is 13.6 Å². The molecule has 0 bridgehead atoms. The fraction of sp³-hybridized carbons (Fsp3) is 0.348. The van der Waals surface area contributed by atoms with Gasteiger partial charge in [-0.1, -0.05) is 24.1 Å². The Balaban J connectivity index is 1.86. The standard InChI is InChI=1S/C23H23F2N3O/c1-3-5-15-6-4-7-17(12-15)23(14-28(2)22(26)27-23)18-10-11-20(29-21(24)25)19(13-18)16-8-9-16/h4,6-7,10-13,16,21H,8-9,14H2,1-2H3,(H2,26,27)/t23-/m1/s1. The summed E-state index contributed by atoms with van der Waals surface area (Å²) in [6.45, 7) is -0.491. The van der Waals surface area contributed by atoms with Gasteiger partial charge in [0.2, 0.25) is 0 Å². The highest BCUT2D eigenvalue weighted by Gasteiger charge is 2.42. The van der Waals surface area contributed by atoms with Gasteiger partial charge < -0.3 is 15.4 Å². The molecule has 150 valence electrons. The van der Waals surface area contributed by atoms with E-state index in [1.165, 1.54) is 0 Å². The number of likely N-dealkylation sites (N-methyl/N-ethyl adjacent to an activating group) is 1. The van der Waals surface area contributed by atoms with Crippen LogP contribution < -0.4 is 10.5 Å². The minimum absolute atomic E-state index is 0.246. The number of ether oxygens (including phenoxy) is 1. The number of benzene rings is 2. The molecule has 2 aliphatic rings. The molecule has 4 rings (SSSR count). The third-order valence-corrected chi connectivity index (χ3v) is 5.49. The van der Waals surface area contributed by atoms with E-state index >= 15 is 0 Å². The van der Waals surface area contributed by atoms with Crippen LogP contribution in [0.25, 0.3) is 0 Å². The van der Waals surface area contributed by atoms with Crippen LogP contribution in [0.2, 0.25) is 0 Å². The Morgan fingerprint density at radius 3 is 2.59 bits per heavy atom. The molecule has 29 heavy (non-hydrogen) atoms. The molecule has 1 aliphatic heterocycles. The second-order valence-corrected chi connectivity index (χ2v) is 7.55. The van der Waals surface area contributed by atoms with Gasteiger partial charge in [0.05, 0.1) is 6.54 Å². The fourth-order valence-electron chi connectivity index (χ4n) is 3.94. The van der Waals surface area contributed by atoms with Crippen LogP contribution >= 0.6 is 0 Å². The van der Waals surface area contributed by atoms with Crippen molar-refractivity contribution in [2.45, 2.75) is 37.8 Å². The summed E-state index contributed by atoms with van der Waals surface area (Å²) < 4.78 is 30.5. The van der Waals surface area contributed by atoms with Crippen molar-refractivity contribution in [3.05, 3.63) is 64.7 Å². The Labute approximate surface area is 169 Å². The van der Waals surface area contributed by atoms with E-state index in [0.717, 1.165) is 35.1 Å². The molecule has 1 saturated carbocycles. The molecular weight excluding hydrogens is 372 g/mol. The van der Waals surface area contributed by atoms with E-state index in [1.807, 2.05) is 48.3 Å². The Bertz CT molecular complexity index is 1020. The van der Waals surface area contributed by atoms with Crippen LogP contribution in [0.3, 0.4) is 0 Å². The van der Waals surface area contributed by atoms with Crippen molar-refractivity contribution < 1.29 is 13.5 Å². The van der Waals surface area contributed by atoms with E-state index in [2.05, 4.69) is 11.8 Å². The second kappa shape index (κ2) is 7.40. The molecule has 0 aromatic heterocycles. The molecule has 0 unspecified atom stereocenters. The molecule has 2 N–H and O–H groups in total. The number of nitrogens with two attached hydrogens (primary N) is 1. The molecule has 6 heteroatoms. The number of halogens is 2. The van der Waals surface area contributed by atoms with Gasteiger partial charge in [-0.05, 0) is 66.6 Å². The minimum atomic E-state index is -2.84. The molecule has 0 spiro atoms. The number of hydrogen-bond donors (Lipinski definition) is 1. The highest BCUT2D eigenvalue weighted by Crippen LogP contribution is 2.47. The second-order valence-electron chi connectivity index (χ2n) is 7.55. The summed E-state index contributed by atoms with van der Waals surface area (Å²) in [7, 11) is 1.90. The van der Waals surface area contributed by atoms with Crippen molar-refractivity contribution in [2.24, 2.45) is 10.7 Å². The van der Waals surface area contributed by atoms with Gasteiger partial charge in [0.25, 0.3) is 0 Å². The lowest BCUT2D eigenvalue weighted by Gasteiger charge is -2.29. The maximum absolute atomic E-state index is 12.9. The highest BCUT2D eigenvalue weighted by atomic mass is 19.3. The molecule has 1 atom stereocenters. The molecule has 1 aliphatic carbocycles. The maximum Gasteiger partial charge on any atom is 0.387 e. The number of alkyl halides is 2. The summed E-state index contributed by atoms with van der Waals surface area (Å²) in [5, 5.41) is 0. The molecule has 2 aromatic carbocycles. The Morgan fingerprint density at radius 2 is 1.97 bits per heavy atom. The average Bonchev–Trinajstić information content (AvgIpc) is 3.48. The van der Waals surface area contributed by atoms with E-state index < -0.39 is 12.2 Å². The van der Waals surface area contributed by atoms with Gasteiger partial charge >= 0.3 is 6.61 Å². The third kappa shape index (κ3) is 3.65. The maximum atomic E-state index is 12.9. The number of rotatable bonds is 5. The van der Waals surface area contributed by atoms with Crippen LogP contribution in [-0.2, 0) is 5.54 Å². The molecule has 0 radical (unpaired) electrons. The van der Waals surface area contributed by atoms with Crippen LogP contribution in [-0.4, -0.2) is 31.1 Å². The predicted molar refractivity (Wildman–Crippen MR) is 109 cm³/mol. The van der Waals surface area contributed by atoms with Crippen LogP contribution in [0.15, 0.2) is 47.5 Å².